The summed E-state index contributed by atoms with van der Waals surface area (Å²) in [6.45, 7) is 6.60. The van der Waals surface area contributed by atoms with Gasteiger partial charge in [0.25, 0.3) is 0 Å². The van der Waals surface area contributed by atoms with Gasteiger partial charge in [0.15, 0.2) is 5.96 Å². The zero-order valence-electron chi connectivity index (χ0n) is 14.1. The van der Waals surface area contributed by atoms with Crippen molar-refractivity contribution >= 4 is 17.6 Å². The van der Waals surface area contributed by atoms with Gasteiger partial charge in [-0.25, -0.2) is 4.39 Å². The smallest absolute Gasteiger partial charge is 0.191 e. The molecule has 1 aliphatic heterocycles. The second kappa shape index (κ2) is 8.50. The van der Waals surface area contributed by atoms with Gasteiger partial charge >= 0.3 is 0 Å². The lowest BCUT2D eigenvalue weighted by Gasteiger charge is -2.30. The summed E-state index contributed by atoms with van der Waals surface area (Å²) < 4.78 is 14.4. The second-order valence-electron chi connectivity index (χ2n) is 6.15. The molecule has 1 aromatic rings. The van der Waals surface area contributed by atoms with E-state index in [1.807, 2.05) is 0 Å². The van der Waals surface area contributed by atoms with Crippen LogP contribution in [0, 0.1) is 5.82 Å². The first-order valence-electron chi connectivity index (χ1n) is 8.18. The molecule has 23 heavy (non-hydrogen) atoms. The molecule has 1 aliphatic rings. The Hall–Kier alpha value is -1.33. The summed E-state index contributed by atoms with van der Waals surface area (Å²) in [5.41, 5.74) is 0.573. The van der Waals surface area contributed by atoms with Crippen LogP contribution in [-0.4, -0.2) is 43.6 Å². The highest BCUT2D eigenvalue weighted by Crippen LogP contribution is 2.31. The van der Waals surface area contributed by atoms with Gasteiger partial charge in [0.2, 0.25) is 0 Å². The number of rotatable bonds is 5. The molecule has 128 valence electrons. The third kappa shape index (κ3) is 4.82. The third-order valence-electron chi connectivity index (χ3n) is 4.03. The number of nitrogens with zero attached hydrogens (tertiary/aromatic N) is 2. The number of nitrogens with one attached hydrogen (secondary N) is 2. The Morgan fingerprint density at radius 2 is 2.04 bits per heavy atom. The van der Waals surface area contributed by atoms with Gasteiger partial charge in [-0.3, -0.25) is 9.89 Å². The van der Waals surface area contributed by atoms with Gasteiger partial charge in [0.05, 0.1) is 6.04 Å². The van der Waals surface area contributed by atoms with Crippen LogP contribution in [0.15, 0.2) is 23.2 Å². The highest BCUT2D eigenvalue weighted by molar-refractivity contribution is 6.31. The average Bonchev–Trinajstić information content (AvgIpc) is 3.02. The zero-order valence-corrected chi connectivity index (χ0v) is 14.8. The largest absolute Gasteiger partial charge is 0.354 e. The zero-order chi connectivity index (χ0) is 16.8. The SMILES string of the molecule is CN=C(NCC(c1c(F)cccc1Cl)N1CCCC1)NC(C)C. The summed E-state index contributed by atoms with van der Waals surface area (Å²) in [5.74, 6) is 0.472. The van der Waals surface area contributed by atoms with Crippen LogP contribution < -0.4 is 10.6 Å². The predicted octanol–water partition coefficient (Wildman–Crippen LogP) is 3.19. The Labute approximate surface area is 143 Å². The molecular formula is C17H26ClFN4. The van der Waals surface area contributed by atoms with E-state index < -0.39 is 0 Å². The minimum absolute atomic E-state index is 0.100. The first-order valence-corrected chi connectivity index (χ1v) is 8.56. The number of hydrogen-bond donors (Lipinski definition) is 2. The molecule has 4 nitrogen and oxygen atoms in total. The average molecular weight is 341 g/mol. The van der Waals surface area contributed by atoms with Gasteiger partial charge in [0, 0.05) is 30.2 Å². The second-order valence-corrected chi connectivity index (χ2v) is 6.55. The fraction of sp³-hybridized carbons (Fsp3) is 0.588. The van der Waals surface area contributed by atoms with E-state index in [2.05, 4.69) is 34.4 Å². The Kier molecular flexibility index (Phi) is 6.66. The van der Waals surface area contributed by atoms with Gasteiger partial charge in [-0.2, -0.15) is 0 Å². The molecule has 0 bridgehead atoms. The molecule has 0 amide bonds. The number of hydrogen-bond acceptors (Lipinski definition) is 2. The summed E-state index contributed by atoms with van der Waals surface area (Å²) in [7, 11) is 1.73. The van der Waals surface area contributed by atoms with Crippen LogP contribution in [0.4, 0.5) is 4.39 Å². The molecule has 1 unspecified atom stereocenters. The molecule has 1 atom stereocenters. The molecule has 6 heteroatoms. The van der Waals surface area contributed by atoms with Crippen LogP contribution in [-0.2, 0) is 0 Å². The van der Waals surface area contributed by atoms with E-state index in [0.29, 0.717) is 17.1 Å². The Bertz CT molecular complexity index is 521. The van der Waals surface area contributed by atoms with Crippen molar-refractivity contribution < 1.29 is 4.39 Å². The highest BCUT2D eigenvalue weighted by atomic mass is 35.5. The maximum Gasteiger partial charge on any atom is 0.191 e. The van der Waals surface area contributed by atoms with Crippen molar-refractivity contribution in [3.8, 4) is 0 Å². The Morgan fingerprint density at radius 3 is 2.61 bits per heavy atom. The first kappa shape index (κ1) is 18.0. The van der Waals surface area contributed by atoms with E-state index >= 15 is 0 Å². The molecular weight excluding hydrogens is 315 g/mol. The topological polar surface area (TPSA) is 39.7 Å². The van der Waals surface area contributed by atoms with Gasteiger partial charge in [-0.05, 0) is 51.9 Å². The van der Waals surface area contributed by atoms with E-state index in [1.54, 1.807) is 19.2 Å². The molecule has 1 fully saturated rings. The van der Waals surface area contributed by atoms with Crippen molar-refractivity contribution in [3.63, 3.8) is 0 Å². The molecule has 1 aromatic carbocycles. The molecule has 0 aliphatic carbocycles. The first-order chi connectivity index (χ1) is 11.0. The van der Waals surface area contributed by atoms with E-state index in [-0.39, 0.29) is 17.9 Å². The molecule has 2 N–H and O–H groups in total. The van der Waals surface area contributed by atoms with Crippen LogP contribution >= 0.6 is 11.6 Å². The van der Waals surface area contributed by atoms with E-state index in [9.17, 15) is 4.39 Å². The van der Waals surface area contributed by atoms with Crippen molar-refractivity contribution in [2.45, 2.75) is 38.8 Å². The Balaban J connectivity index is 2.18. The number of benzene rings is 1. The molecule has 1 heterocycles. The molecule has 2 rings (SSSR count). The molecule has 1 saturated heterocycles. The van der Waals surface area contributed by atoms with Crippen molar-refractivity contribution in [1.29, 1.82) is 0 Å². The lowest BCUT2D eigenvalue weighted by Crippen LogP contribution is -2.45. The summed E-state index contributed by atoms with van der Waals surface area (Å²) in [5, 5.41) is 7.03. The van der Waals surface area contributed by atoms with E-state index in [0.717, 1.165) is 31.9 Å². The molecule has 0 aromatic heterocycles. The number of likely N-dealkylation sites (tertiary alicyclic amines) is 1. The van der Waals surface area contributed by atoms with Crippen LogP contribution in [0.3, 0.4) is 0 Å². The summed E-state index contributed by atoms with van der Waals surface area (Å²) >= 11 is 6.30. The van der Waals surface area contributed by atoms with Crippen LogP contribution in [0.25, 0.3) is 0 Å². The molecule has 0 radical (unpaired) electrons. The quantitative estimate of drug-likeness (QED) is 0.639. The minimum Gasteiger partial charge on any atom is -0.354 e. The number of aliphatic imine (C=N–C) groups is 1. The standard InChI is InChI=1S/C17H26ClFN4/c1-12(2)22-17(20-3)21-11-15(23-9-4-5-10-23)16-13(18)7-6-8-14(16)19/h6-8,12,15H,4-5,9-11H2,1-3H3,(H2,20,21,22). The lowest BCUT2D eigenvalue weighted by atomic mass is 10.0. The maximum absolute atomic E-state index is 14.4. The maximum atomic E-state index is 14.4. The fourth-order valence-electron chi connectivity index (χ4n) is 2.96. The van der Waals surface area contributed by atoms with Crippen molar-refractivity contribution in [3.05, 3.63) is 34.6 Å². The van der Waals surface area contributed by atoms with Gasteiger partial charge in [-0.15, -0.1) is 0 Å². The van der Waals surface area contributed by atoms with Gasteiger partial charge in [-0.1, -0.05) is 17.7 Å². The van der Waals surface area contributed by atoms with Gasteiger partial charge in [0.1, 0.15) is 5.82 Å². The molecule has 0 saturated carbocycles. The number of guanidine groups is 1. The van der Waals surface area contributed by atoms with Crippen LogP contribution in [0.5, 0.6) is 0 Å². The fourth-order valence-corrected chi connectivity index (χ4v) is 3.25. The van der Waals surface area contributed by atoms with Crippen molar-refractivity contribution in [2.24, 2.45) is 4.99 Å². The van der Waals surface area contributed by atoms with Gasteiger partial charge < -0.3 is 10.6 Å². The highest BCUT2D eigenvalue weighted by Gasteiger charge is 2.27. The monoisotopic (exact) mass is 340 g/mol. The summed E-state index contributed by atoms with van der Waals surface area (Å²) in [4.78, 5) is 6.51. The Morgan fingerprint density at radius 1 is 1.35 bits per heavy atom. The lowest BCUT2D eigenvalue weighted by molar-refractivity contribution is 0.240. The third-order valence-corrected chi connectivity index (χ3v) is 4.36. The number of halogens is 2. The van der Waals surface area contributed by atoms with Crippen molar-refractivity contribution in [2.75, 3.05) is 26.7 Å². The van der Waals surface area contributed by atoms with E-state index in [4.69, 9.17) is 11.6 Å². The molecule has 0 spiro atoms. The van der Waals surface area contributed by atoms with E-state index in [1.165, 1.54) is 6.07 Å². The summed E-state index contributed by atoms with van der Waals surface area (Å²) in [6.07, 6.45) is 2.28. The van der Waals surface area contributed by atoms with Crippen LogP contribution in [0.2, 0.25) is 5.02 Å². The van der Waals surface area contributed by atoms with Crippen molar-refractivity contribution in [1.82, 2.24) is 15.5 Å². The summed E-state index contributed by atoms with van der Waals surface area (Å²) in [6, 6.07) is 5.06. The van der Waals surface area contributed by atoms with Crippen LogP contribution in [0.1, 0.15) is 38.3 Å². The predicted molar refractivity (Wildman–Crippen MR) is 94.6 cm³/mol. The minimum atomic E-state index is -0.247. The normalized spacial score (nSPS) is 17.6.